The number of nitrogens with zero attached hydrogens (tertiary/aromatic N) is 3. The van der Waals surface area contributed by atoms with Crippen LogP contribution >= 0.6 is 0 Å². The Morgan fingerprint density at radius 2 is 1.82 bits per heavy atom. The number of halogens is 1. The Labute approximate surface area is 163 Å². The molecule has 0 spiro atoms. The molecule has 3 heterocycles. The zero-order valence-corrected chi connectivity index (χ0v) is 15.9. The third-order valence-corrected chi connectivity index (χ3v) is 5.83. The Bertz CT molecular complexity index is 873. The number of ether oxygens (including phenoxy) is 1. The third-order valence-electron chi connectivity index (χ3n) is 5.83. The quantitative estimate of drug-likeness (QED) is 0.760. The van der Waals surface area contributed by atoms with E-state index in [-0.39, 0.29) is 29.8 Å². The molecule has 1 aromatic heterocycles. The first-order valence-electron chi connectivity index (χ1n) is 9.65. The van der Waals surface area contributed by atoms with Gasteiger partial charge < -0.3 is 14.2 Å². The molecule has 2 aliphatic heterocycles. The van der Waals surface area contributed by atoms with Crippen LogP contribution in [0.3, 0.4) is 0 Å². The van der Waals surface area contributed by atoms with Gasteiger partial charge in [-0.05, 0) is 43.5 Å². The number of carbonyl (C=O) groups excluding carboxylic acids is 2. The molecular formula is C21H24FN3O3. The van der Waals surface area contributed by atoms with Crippen molar-refractivity contribution in [2.45, 2.75) is 31.3 Å². The maximum atomic E-state index is 14.1. The smallest absolute Gasteiger partial charge is 0.354 e. The summed E-state index contributed by atoms with van der Waals surface area (Å²) in [6.07, 6.45) is 4.31. The minimum absolute atomic E-state index is 0.0280. The van der Waals surface area contributed by atoms with Crippen LogP contribution in [0.1, 0.15) is 35.8 Å². The minimum Gasteiger partial charge on any atom is -0.464 e. The molecule has 0 bridgehead atoms. The standard InChI is InChI=1S/C21H24FN3O3/c1-28-21(27)19-7-4-11-24(19)15-8-12-23(13-9-15)18-10-14-25(20(18)26)17-6-3-2-5-16(17)22/h2-7,11,15,18H,8-10,12-14H2,1H3. The van der Waals surface area contributed by atoms with Crippen LogP contribution < -0.4 is 4.90 Å². The number of rotatable bonds is 4. The minimum atomic E-state index is -0.363. The number of likely N-dealkylation sites (tertiary alicyclic amines) is 1. The number of anilines is 1. The van der Waals surface area contributed by atoms with Crippen LogP contribution in [0, 0.1) is 5.82 Å². The van der Waals surface area contributed by atoms with E-state index in [9.17, 15) is 14.0 Å². The van der Waals surface area contributed by atoms with Crippen LogP contribution in [0.15, 0.2) is 42.6 Å². The van der Waals surface area contributed by atoms with Gasteiger partial charge in [0.05, 0.1) is 18.8 Å². The SMILES string of the molecule is COC(=O)c1cccn1C1CCN(C2CCN(c3ccccc3F)C2=O)CC1. The lowest BCUT2D eigenvalue weighted by atomic mass is 10.0. The maximum absolute atomic E-state index is 14.1. The summed E-state index contributed by atoms with van der Waals surface area (Å²) in [6, 6.07) is 10.0. The van der Waals surface area contributed by atoms with E-state index < -0.39 is 0 Å². The molecular weight excluding hydrogens is 361 g/mol. The molecule has 1 atom stereocenters. The molecule has 0 N–H and O–H groups in total. The zero-order chi connectivity index (χ0) is 19.7. The van der Waals surface area contributed by atoms with Crippen molar-refractivity contribution in [3.05, 3.63) is 54.1 Å². The highest BCUT2D eigenvalue weighted by Gasteiger charge is 2.39. The van der Waals surface area contributed by atoms with Crippen LogP contribution in [-0.4, -0.2) is 54.1 Å². The van der Waals surface area contributed by atoms with Crippen molar-refractivity contribution in [3.63, 3.8) is 0 Å². The number of methoxy groups -OCH3 is 1. The molecule has 28 heavy (non-hydrogen) atoms. The highest BCUT2D eigenvalue weighted by atomic mass is 19.1. The number of hydrogen-bond acceptors (Lipinski definition) is 4. The Morgan fingerprint density at radius 1 is 1.07 bits per heavy atom. The zero-order valence-electron chi connectivity index (χ0n) is 15.9. The molecule has 2 saturated heterocycles. The lowest BCUT2D eigenvalue weighted by Gasteiger charge is -2.36. The summed E-state index contributed by atoms with van der Waals surface area (Å²) in [7, 11) is 1.38. The van der Waals surface area contributed by atoms with Gasteiger partial charge in [-0.3, -0.25) is 9.69 Å². The summed E-state index contributed by atoms with van der Waals surface area (Å²) >= 11 is 0. The van der Waals surface area contributed by atoms with E-state index in [0.717, 1.165) is 25.9 Å². The van der Waals surface area contributed by atoms with Gasteiger partial charge in [-0.2, -0.15) is 0 Å². The lowest BCUT2D eigenvalue weighted by Crippen LogP contribution is -2.46. The summed E-state index contributed by atoms with van der Waals surface area (Å²) in [6.45, 7) is 2.07. The molecule has 4 rings (SSSR count). The van der Waals surface area contributed by atoms with Gasteiger partial charge in [-0.25, -0.2) is 9.18 Å². The van der Waals surface area contributed by atoms with Gasteiger partial charge in [-0.15, -0.1) is 0 Å². The highest BCUT2D eigenvalue weighted by molar-refractivity contribution is 5.99. The van der Waals surface area contributed by atoms with Crippen LogP contribution in [-0.2, 0) is 9.53 Å². The van der Waals surface area contributed by atoms with Gasteiger partial charge in [0.1, 0.15) is 11.5 Å². The molecule has 0 aliphatic carbocycles. The average molecular weight is 385 g/mol. The number of carbonyl (C=O) groups is 2. The van der Waals surface area contributed by atoms with E-state index in [1.165, 1.54) is 13.2 Å². The average Bonchev–Trinajstić information content (AvgIpc) is 3.35. The Morgan fingerprint density at radius 3 is 2.54 bits per heavy atom. The van der Waals surface area contributed by atoms with Gasteiger partial charge >= 0.3 is 5.97 Å². The van der Waals surface area contributed by atoms with E-state index in [2.05, 4.69) is 4.90 Å². The lowest BCUT2D eigenvalue weighted by molar-refractivity contribution is -0.122. The second-order valence-electron chi connectivity index (χ2n) is 7.31. The first kappa shape index (κ1) is 18.7. The summed E-state index contributed by atoms with van der Waals surface area (Å²) in [5, 5.41) is 0. The Hall–Kier alpha value is -2.67. The van der Waals surface area contributed by atoms with Crippen molar-refractivity contribution in [2.24, 2.45) is 0 Å². The summed E-state index contributed by atoms with van der Waals surface area (Å²) in [5.74, 6) is -0.725. The molecule has 2 aliphatic rings. The topological polar surface area (TPSA) is 54.8 Å². The van der Waals surface area contributed by atoms with Crippen LogP contribution in [0.2, 0.25) is 0 Å². The fourth-order valence-electron chi connectivity index (χ4n) is 4.38. The van der Waals surface area contributed by atoms with Gasteiger partial charge in [0.2, 0.25) is 5.91 Å². The van der Waals surface area contributed by atoms with Crippen molar-refractivity contribution in [1.82, 2.24) is 9.47 Å². The second kappa shape index (κ2) is 7.75. The number of aromatic nitrogens is 1. The molecule has 6 nitrogen and oxygen atoms in total. The number of esters is 1. The molecule has 148 valence electrons. The van der Waals surface area contributed by atoms with E-state index >= 15 is 0 Å². The van der Waals surface area contributed by atoms with Crippen molar-refractivity contribution in [3.8, 4) is 0 Å². The predicted molar refractivity (Wildman–Crippen MR) is 103 cm³/mol. The Balaban J connectivity index is 1.41. The van der Waals surface area contributed by atoms with Gasteiger partial charge in [0, 0.05) is 31.9 Å². The summed E-state index contributed by atoms with van der Waals surface area (Å²) in [5.41, 5.74) is 0.920. The third kappa shape index (κ3) is 3.30. The number of amides is 1. The molecule has 1 unspecified atom stereocenters. The van der Waals surface area contributed by atoms with Gasteiger partial charge in [0.25, 0.3) is 0 Å². The maximum Gasteiger partial charge on any atom is 0.354 e. The van der Waals surface area contributed by atoms with E-state index in [1.54, 1.807) is 29.2 Å². The van der Waals surface area contributed by atoms with Crippen molar-refractivity contribution < 1.29 is 18.7 Å². The molecule has 1 amide bonds. The molecule has 0 radical (unpaired) electrons. The number of hydrogen-bond donors (Lipinski definition) is 0. The van der Waals surface area contributed by atoms with Gasteiger partial charge in [-0.1, -0.05) is 12.1 Å². The van der Waals surface area contributed by atoms with Crippen LogP contribution in [0.5, 0.6) is 0 Å². The fourth-order valence-corrected chi connectivity index (χ4v) is 4.38. The van der Waals surface area contributed by atoms with E-state index in [4.69, 9.17) is 4.74 Å². The van der Waals surface area contributed by atoms with Crippen molar-refractivity contribution in [2.75, 3.05) is 31.6 Å². The summed E-state index contributed by atoms with van der Waals surface area (Å²) in [4.78, 5) is 28.6. The van der Waals surface area contributed by atoms with Crippen LogP contribution in [0.25, 0.3) is 0 Å². The summed E-state index contributed by atoms with van der Waals surface area (Å²) < 4.78 is 20.9. The molecule has 0 saturated carbocycles. The molecule has 2 aromatic rings. The predicted octanol–water partition coefficient (Wildman–Crippen LogP) is 2.86. The van der Waals surface area contributed by atoms with Gasteiger partial charge in [0.15, 0.2) is 0 Å². The highest BCUT2D eigenvalue weighted by Crippen LogP contribution is 2.31. The fraction of sp³-hybridized carbons (Fsp3) is 0.429. The van der Waals surface area contributed by atoms with Crippen molar-refractivity contribution >= 4 is 17.6 Å². The largest absolute Gasteiger partial charge is 0.464 e. The number of para-hydroxylation sites is 1. The number of piperidine rings is 1. The monoisotopic (exact) mass is 385 g/mol. The van der Waals surface area contributed by atoms with E-state index in [0.29, 0.717) is 24.3 Å². The molecule has 2 fully saturated rings. The first-order chi connectivity index (χ1) is 13.6. The molecule has 1 aromatic carbocycles. The van der Waals surface area contributed by atoms with Crippen molar-refractivity contribution in [1.29, 1.82) is 0 Å². The Kier molecular flexibility index (Phi) is 5.17. The molecule has 7 heteroatoms. The first-order valence-corrected chi connectivity index (χ1v) is 9.65. The van der Waals surface area contributed by atoms with Crippen LogP contribution in [0.4, 0.5) is 10.1 Å². The van der Waals surface area contributed by atoms with E-state index in [1.807, 2.05) is 16.8 Å². The second-order valence-corrected chi connectivity index (χ2v) is 7.31. The normalized spacial score (nSPS) is 21.3. The number of benzene rings is 1.